The molecule has 0 aromatic heterocycles. The molecule has 2 aliphatic carbocycles. The van der Waals surface area contributed by atoms with Crippen molar-refractivity contribution in [2.45, 2.75) is 55.6 Å². The van der Waals surface area contributed by atoms with Crippen molar-refractivity contribution in [2.75, 3.05) is 19.3 Å². The summed E-state index contributed by atoms with van der Waals surface area (Å²) in [4.78, 5) is 0. The largest absolute Gasteiger partial charge is 0.315 e. The molecule has 1 aromatic carbocycles. The SMILES string of the molecule is CSC1(CNCC2CCCc3ccccc32)CCCC1. The van der Waals surface area contributed by atoms with Gasteiger partial charge in [-0.15, -0.1) is 0 Å². The van der Waals surface area contributed by atoms with Gasteiger partial charge in [0.2, 0.25) is 0 Å². The summed E-state index contributed by atoms with van der Waals surface area (Å²) < 4.78 is 0.536. The third-order valence-corrected chi connectivity index (χ3v) is 6.70. The van der Waals surface area contributed by atoms with E-state index in [2.05, 4.69) is 47.6 Å². The van der Waals surface area contributed by atoms with Crippen LogP contribution in [-0.4, -0.2) is 24.1 Å². The Bertz CT molecular complexity index is 437. The van der Waals surface area contributed by atoms with Gasteiger partial charge < -0.3 is 5.32 Å². The Labute approximate surface area is 127 Å². The van der Waals surface area contributed by atoms with Gasteiger partial charge in [-0.05, 0) is 55.4 Å². The minimum Gasteiger partial charge on any atom is -0.315 e. The fourth-order valence-corrected chi connectivity index (χ4v) is 4.96. The number of thioether (sulfide) groups is 1. The number of benzene rings is 1. The standard InChI is InChI=1S/C18H27NS/c1-20-18(11-4-5-12-18)14-19-13-16-9-6-8-15-7-2-3-10-17(15)16/h2-3,7,10,16,19H,4-6,8-9,11-14H2,1H3. The first-order valence-electron chi connectivity index (χ1n) is 8.17. The first kappa shape index (κ1) is 14.5. The van der Waals surface area contributed by atoms with Crippen molar-refractivity contribution < 1.29 is 0 Å². The summed E-state index contributed by atoms with van der Waals surface area (Å²) in [5.74, 6) is 0.736. The van der Waals surface area contributed by atoms with E-state index in [-0.39, 0.29) is 0 Å². The molecule has 0 heterocycles. The number of nitrogens with one attached hydrogen (secondary N) is 1. The van der Waals surface area contributed by atoms with Crippen LogP contribution in [0.1, 0.15) is 55.6 Å². The molecule has 1 fully saturated rings. The van der Waals surface area contributed by atoms with Gasteiger partial charge in [-0.3, -0.25) is 0 Å². The fourth-order valence-electron chi connectivity index (χ4n) is 4.01. The fraction of sp³-hybridized carbons (Fsp3) is 0.667. The molecule has 2 aliphatic rings. The summed E-state index contributed by atoms with van der Waals surface area (Å²) in [6.07, 6.45) is 12.0. The molecule has 0 spiro atoms. The van der Waals surface area contributed by atoms with Crippen LogP contribution < -0.4 is 5.32 Å². The van der Waals surface area contributed by atoms with Crippen molar-refractivity contribution in [3.05, 3.63) is 35.4 Å². The van der Waals surface area contributed by atoms with E-state index >= 15 is 0 Å². The predicted octanol–water partition coefficient (Wildman–Crippen LogP) is 4.37. The summed E-state index contributed by atoms with van der Waals surface area (Å²) in [6.45, 7) is 2.37. The van der Waals surface area contributed by atoms with Gasteiger partial charge >= 0.3 is 0 Å². The molecule has 1 atom stereocenters. The van der Waals surface area contributed by atoms with Crippen molar-refractivity contribution in [1.29, 1.82) is 0 Å². The Morgan fingerprint density at radius 2 is 2.00 bits per heavy atom. The molecule has 20 heavy (non-hydrogen) atoms. The Balaban J connectivity index is 1.57. The maximum Gasteiger partial charge on any atom is 0.0281 e. The van der Waals surface area contributed by atoms with Gasteiger partial charge in [0.15, 0.2) is 0 Å². The van der Waals surface area contributed by atoms with E-state index in [1.807, 2.05) is 0 Å². The van der Waals surface area contributed by atoms with E-state index in [1.54, 1.807) is 11.1 Å². The van der Waals surface area contributed by atoms with E-state index in [4.69, 9.17) is 0 Å². The molecule has 1 aromatic rings. The van der Waals surface area contributed by atoms with Crippen LogP contribution in [0.5, 0.6) is 0 Å². The summed E-state index contributed by atoms with van der Waals surface area (Å²) in [5, 5.41) is 3.81. The molecule has 0 saturated heterocycles. The first-order chi connectivity index (χ1) is 9.83. The summed E-state index contributed by atoms with van der Waals surface area (Å²) in [7, 11) is 0. The molecule has 1 unspecified atom stereocenters. The molecule has 1 nitrogen and oxygen atoms in total. The van der Waals surface area contributed by atoms with E-state index < -0.39 is 0 Å². The number of aryl methyl sites for hydroxylation is 1. The lowest BCUT2D eigenvalue weighted by Crippen LogP contribution is -2.37. The van der Waals surface area contributed by atoms with E-state index in [1.165, 1.54) is 58.0 Å². The van der Waals surface area contributed by atoms with Crippen LogP contribution in [0, 0.1) is 0 Å². The maximum absolute atomic E-state index is 3.81. The van der Waals surface area contributed by atoms with E-state index in [9.17, 15) is 0 Å². The first-order valence-corrected chi connectivity index (χ1v) is 9.39. The minimum absolute atomic E-state index is 0.536. The number of rotatable bonds is 5. The van der Waals surface area contributed by atoms with E-state index in [0.717, 1.165) is 5.92 Å². The molecule has 0 radical (unpaired) electrons. The second-order valence-corrected chi connectivity index (χ2v) is 7.79. The van der Waals surface area contributed by atoms with Crippen molar-refractivity contribution >= 4 is 11.8 Å². The molecule has 0 bridgehead atoms. The summed E-state index contributed by atoms with van der Waals surface area (Å²) >= 11 is 2.09. The molecular weight excluding hydrogens is 262 g/mol. The maximum atomic E-state index is 3.81. The van der Waals surface area contributed by atoms with Crippen LogP contribution in [0.4, 0.5) is 0 Å². The normalized spacial score (nSPS) is 24.6. The molecule has 0 aliphatic heterocycles. The van der Waals surface area contributed by atoms with Gasteiger partial charge in [-0.25, -0.2) is 0 Å². The van der Waals surface area contributed by atoms with Crippen molar-refractivity contribution in [1.82, 2.24) is 5.32 Å². The number of fused-ring (bicyclic) bond motifs is 1. The van der Waals surface area contributed by atoms with Crippen molar-refractivity contribution in [2.24, 2.45) is 0 Å². The third-order valence-electron chi connectivity index (χ3n) is 5.28. The average molecular weight is 289 g/mol. The molecule has 2 heteroatoms. The zero-order valence-corrected chi connectivity index (χ0v) is 13.5. The van der Waals surface area contributed by atoms with Gasteiger partial charge in [0.05, 0.1) is 0 Å². The molecule has 1 saturated carbocycles. The number of hydrogen-bond donors (Lipinski definition) is 1. The zero-order valence-electron chi connectivity index (χ0n) is 12.7. The lowest BCUT2D eigenvalue weighted by atomic mass is 9.83. The highest BCUT2D eigenvalue weighted by Crippen LogP contribution is 2.39. The second-order valence-electron chi connectivity index (χ2n) is 6.51. The van der Waals surface area contributed by atoms with Gasteiger partial charge in [-0.1, -0.05) is 37.1 Å². The Morgan fingerprint density at radius 3 is 2.80 bits per heavy atom. The predicted molar refractivity (Wildman–Crippen MR) is 89.7 cm³/mol. The lowest BCUT2D eigenvalue weighted by molar-refractivity contribution is 0.472. The molecule has 0 amide bonds. The van der Waals surface area contributed by atoms with Gasteiger partial charge in [0, 0.05) is 17.8 Å². The van der Waals surface area contributed by atoms with Crippen LogP contribution >= 0.6 is 11.8 Å². The summed E-state index contributed by atoms with van der Waals surface area (Å²) in [6, 6.07) is 9.07. The van der Waals surface area contributed by atoms with Crippen LogP contribution in [0.3, 0.4) is 0 Å². The highest BCUT2D eigenvalue weighted by Gasteiger charge is 2.32. The minimum atomic E-state index is 0.536. The smallest absolute Gasteiger partial charge is 0.0281 e. The van der Waals surface area contributed by atoms with Gasteiger partial charge in [-0.2, -0.15) is 11.8 Å². The van der Waals surface area contributed by atoms with Gasteiger partial charge in [0.25, 0.3) is 0 Å². The molecule has 110 valence electrons. The quantitative estimate of drug-likeness (QED) is 0.863. The molecule has 3 rings (SSSR count). The Morgan fingerprint density at radius 1 is 1.20 bits per heavy atom. The lowest BCUT2D eigenvalue weighted by Gasteiger charge is -2.30. The zero-order chi connectivity index (χ0) is 13.8. The highest BCUT2D eigenvalue weighted by molar-refractivity contribution is 8.00. The van der Waals surface area contributed by atoms with E-state index in [0.29, 0.717) is 4.75 Å². The Hall–Kier alpha value is -0.470. The van der Waals surface area contributed by atoms with Crippen LogP contribution in [-0.2, 0) is 6.42 Å². The number of hydrogen-bond acceptors (Lipinski definition) is 2. The van der Waals surface area contributed by atoms with Crippen LogP contribution in [0.15, 0.2) is 24.3 Å². The third kappa shape index (κ3) is 3.07. The highest BCUT2D eigenvalue weighted by atomic mass is 32.2. The van der Waals surface area contributed by atoms with Crippen LogP contribution in [0.25, 0.3) is 0 Å². The molecular formula is C18H27NS. The molecule has 1 N–H and O–H groups in total. The van der Waals surface area contributed by atoms with Crippen LogP contribution in [0.2, 0.25) is 0 Å². The van der Waals surface area contributed by atoms with Gasteiger partial charge in [0.1, 0.15) is 0 Å². The summed E-state index contributed by atoms with van der Waals surface area (Å²) in [5.41, 5.74) is 3.20. The van der Waals surface area contributed by atoms with Crippen molar-refractivity contribution in [3.8, 4) is 0 Å². The Kier molecular flexibility index (Phi) is 4.72. The second kappa shape index (κ2) is 6.53. The topological polar surface area (TPSA) is 12.0 Å². The monoisotopic (exact) mass is 289 g/mol. The average Bonchev–Trinajstić information content (AvgIpc) is 2.97. The van der Waals surface area contributed by atoms with Crippen molar-refractivity contribution in [3.63, 3.8) is 0 Å².